The number of carboxylic acid groups (broad SMARTS) is 1. The van der Waals surface area contributed by atoms with Gasteiger partial charge in [-0.2, -0.15) is 5.10 Å². The van der Waals surface area contributed by atoms with Crippen LogP contribution in [0.5, 0.6) is 0 Å². The van der Waals surface area contributed by atoms with E-state index in [4.69, 9.17) is 5.11 Å². The first-order chi connectivity index (χ1) is 11.4. The van der Waals surface area contributed by atoms with Crippen LogP contribution < -0.4 is 4.90 Å². The van der Waals surface area contributed by atoms with Gasteiger partial charge in [-0.25, -0.2) is 0 Å². The molecule has 24 heavy (non-hydrogen) atoms. The van der Waals surface area contributed by atoms with E-state index < -0.39 is 5.97 Å². The van der Waals surface area contributed by atoms with Gasteiger partial charge in [0.25, 0.3) is 0 Å². The summed E-state index contributed by atoms with van der Waals surface area (Å²) in [7, 11) is 1.87. The normalized spacial score (nSPS) is 16.3. The quantitative estimate of drug-likeness (QED) is 0.934. The van der Waals surface area contributed by atoms with Gasteiger partial charge in [0.05, 0.1) is 18.5 Å². The number of fused-ring (bicyclic) bond motifs is 1. The van der Waals surface area contributed by atoms with E-state index in [1.54, 1.807) is 9.58 Å². The van der Waals surface area contributed by atoms with Crippen LogP contribution in [0.4, 0.5) is 5.69 Å². The van der Waals surface area contributed by atoms with E-state index in [0.717, 1.165) is 28.2 Å². The lowest BCUT2D eigenvalue weighted by molar-refractivity contribution is -0.137. The first-order valence-electron chi connectivity index (χ1n) is 7.98. The number of carbonyl (C=O) groups excluding carboxylic acids is 1. The number of carbonyl (C=O) groups is 2. The maximum absolute atomic E-state index is 12.9. The lowest BCUT2D eigenvalue weighted by atomic mass is 9.98. The highest BCUT2D eigenvalue weighted by Crippen LogP contribution is 2.38. The molecule has 126 valence electrons. The summed E-state index contributed by atoms with van der Waals surface area (Å²) in [6.07, 6.45) is 0.311. The van der Waals surface area contributed by atoms with Crippen LogP contribution in [0.15, 0.2) is 24.3 Å². The summed E-state index contributed by atoms with van der Waals surface area (Å²) < 4.78 is 1.78. The second kappa shape index (κ2) is 6.11. The Kier molecular flexibility index (Phi) is 4.13. The van der Waals surface area contributed by atoms with Gasteiger partial charge in [-0.05, 0) is 25.5 Å². The Morgan fingerprint density at radius 3 is 2.62 bits per heavy atom. The van der Waals surface area contributed by atoms with Crippen molar-refractivity contribution in [3.8, 4) is 0 Å². The van der Waals surface area contributed by atoms with Gasteiger partial charge in [0.1, 0.15) is 0 Å². The van der Waals surface area contributed by atoms with Gasteiger partial charge in [-0.15, -0.1) is 0 Å². The summed E-state index contributed by atoms with van der Waals surface area (Å²) in [5.74, 6) is -1.02. The van der Waals surface area contributed by atoms with Crippen molar-refractivity contribution < 1.29 is 14.7 Å². The third-order valence-electron chi connectivity index (χ3n) is 4.78. The predicted octanol–water partition coefficient (Wildman–Crippen LogP) is 2.18. The van der Waals surface area contributed by atoms with Crippen molar-refractivity contribution in [2.24, 2.45) is 7.05 Å². The van der Waals surface area contributed by atoms with Gasteiger partial charge in [0.2, 0.25) is 5.91 Å². The number of rotatable bonds is 4. The van der Waals surface area contributed by atoms with Crippen molar-refractivity contribution in [3.63, 3.8) is 0 Å². The third kappa shape index (κ3) is 2.79. The molecule has 0 saturated heterocycles. The number of aromatic nitrogens is 2. The summed E-state index contributed by atoms with van der Waals surface area (Å²) in [6, 6.07) is 7.56. The fourth-order valence-corrected chi connectivity index (χ4v) is 3.44. The summed E-state index contributed by atoms with van der Waals surface area (Å²) in [4.78, 5) is 25.7. The Morgan fingerprint density at radius 2 is 2.00 bits per heavy atom. The zero-order chi connectivity index (χ0) is 17.4. The molecule has 1 amide bonds. The van der Waals surface area contributed by atoms with Gasteiger partial charge < -0.3 is 10.0 Å². The van der Waals surface area contributed by atoms with Crippen molar-refractivity contribution in [1.82, 2.24) is 9.78 Å². The van der Waals surface area contributed by atoms with Gasteiger partial charge in [0.15, 0.2) is 0 Å². The molecule has 1 atom stereocenters. The van der Waals surface area contributed by atoms with Crippen molar-refractivity contribution in [2.45, 2.75) is 32.6 Å². The highest BCUT2D eigenvalue weighted by molar-refractivity contribution is 5.97. The minimum atomic E-state index is -0.844. The number of anilines is 1. The molecule has 1 aromatic carbocycles. The number of nitrogens with zero attached hydrogens (tertiary/aromatic N) is 3. The summed E-state index contributed by atoms with van der Waals surface area (Å²) in [6.45, 7) is 4.28. The minimum absolute atomic E-state index is 0.0189. The van der Waals surface area contributed by atoms with Gasteiger partial charge >= 0.3 is 5.97 Å². The van der Waals surface area contributed by atoms with Gasteiger partial charge in [-0.1, -0.05) is 18.2 Å². The Balaban J connectivity index is 1.87. The van der Waals surface area contributed by atoms with Crippen LogP contribution in [0, 0.1) is 13.8 Å². The zero-order valence-electron chi connectivity index (χ0n) is 14.1. The number of aryl methyl sites for hydroxylation is 2. The van der Waals surface area contributed by atoms with E-state index in [0.29, 0.717) is 6.54 Å². The van der Waals surface area contributed by atoms with Crippen LogP contribution in [0.25, 0.3) is 0 Å². The Hall–Kier alpha value is -2.63. The third-order valence-corrected chi connectivity index (χ3v) is 4.78. The average Bonchev–Trinajstić information content (AvgIpc) is 3.00. The molecular weight excluding hydrogens is 306 g/mol. The fraction of sp³-hybridized carbons (Fsp3) is 0.389. The van der Waals surface area contributed by atoms with E-state index in [9.17, 15) is 9.59 Å². The van der Waals surface area contributed by atoms with Crippen LogP contribution in [0.3, 0.4) is 0 Å². The highest BCUT2D eigenvalue weighted by Gasteiger charge is 2.33. The number of amides is 1. The maximum atomic E-state index is 12.9. The molecule has 3 rings (SSSR count). The molecule has 0 spiro atoms. The first kappa shape index (κ1) is 16.2. The molecule has 1 aliphatic heterocycles. The van der Waals surface area contributed by atoms with Gasteiger partial charge in [0, 0.05) is 36.5 Å². The summed E-state index contributed by atoms with van der Waals surface area (Å²) in [5.41, 5.74) is 4.55. The molecule has 6 nitrogen and oxygen atoms in total. The number of para-hydroxylation sites is 1. The van der Waals surface area contributed by atoms with Crippen LogP contribution in [-0.4, -0.2) is 33.3 Å². The molecule has 0 fully saturated rings. The second-order valence-electron chi connectivity index (χ2n) is 6.31. The van der Waals surface area contributed by atoms with E-state index in [-0.39, 0.29) is 24.7 Å². The van der Waals surface area contributed by atoms with E-state index in [1.807, 2.05) is 45.2 Å². The van der Waals surface area contributed by atoms with E-state index >= 15 is 0 Å². The minimum Gasteiger partial charge on any atom is -0.481 e. The highest BCUT2D eigenvalue weighted by atomic mass is 16.4. The zero-order valence-corrected chi connectivity index (χ0v) is 14.1. The Bertz CT molecular complexity index is 810. The SMILES string of the molecule is Cc1nn(C)c(C)c1CC(=O)N1CC(CC(=O)O)c2ccccc21. The number of aliphatic carboxylic acids is 1. The Morgan fingerprint density at radius 1 is 1.29 bits per heavy atom. The molecule has 1 aromatic heterocycles. The average molecular weight is 327 g/mol. The standard InChI is InChI=1S/C18H21N3O3/c1-11-15(12(2)20(3)19-11)9-17(22)21-10-13(8-18(23)24)14-6-4-5-7-16(14)21/h4-7,13H,8-10H2,1-3H3,(H,23,24). The lowest BCUT2D eigenvalue weighted by Gasteiger charge is -2.18. The number of carboxylic acids is 1. The van der Waals surface area contributed by atoms with E-state index in [2.05, 4.69) is 5.10 Å². The predicted molar refractivity (Wildman–Crippen MR) is 90.2 cm³/mol. The van der Waals surface area contributed by atoms with E-state index in [1.165, 1.54) is 0 Å². The molecule has 1 N–H and O–H groups in total. The van der Waals surface area contributed by atoms with Crippen LogP contribution in [0.1, 0.15) is 34.9 Å². The molecule has 2 heterocycles. The number of hydrogen-bond donors (Lipinski definition) is 1. The largest absolute Gasteiger partial charge is 0.481 e. The second-order valence-corrected chi connectivity index (χ2v) is 6.31. The number of hydrogen-bond acceptors (Lipinski definition) is 3. The molecule has 0 aliphatic carbocycles. The molecule has 1 unspecified atom stereocenters. The lowest BCUT2D eigenvalue weighted by Crippen LogP contribution is -2.31. The Labute approximate surface area is 140 Å². The maximum Gasteiger partial charge on any atom is 0.304 e. The molecule has 0 saturated carbocycles. The van der Waals surface area contributed by atoms with Crippen molar-refractivity contribution in [3.05, 3.63) is 46.8 Å². The van der Waals surface area contributed by atoms with Crippen LogP contribution in [-0.2, 0) is 23.1 Å². The molecule has 2 aromatic rings. The fourth-order valence-electron chi connectivity index (χ4n) is 3.44. The van der Waals surface area contributed by atoms with Crippen molar-refractivity contribution >= 4 is 17.6 Å². The van der Waals surface area contributed by atoms with Crippen LogP contribution >= 0.6 is 0 Å². The molecular formula is C18H21N3O3. The van der Waals surface area contributed by atoms with Crippen LogP contribution in [0.2, 0.25) is 0 Å². The topological polar surface area (TPSA) is 75.4 Å². The molecule has 0 radical (unpaired) electrons. The van der Waals surface area contributed by atoms with Crippen molar-refractivity contribution in [2.75, 3.05) is 11.4 Å². The monoisotopic (exact) mass is 327 g/mol. The smallest absolute Gasteiger partial charge is 0.304 e. The first-order valence-corrected chi connectivity index (χ1v) is 7.98. The van der Waals surface area contributed by atoms with Gasteiger partial charge in [-0.3, -0.25) is 14.3 Å². The van der Waals surface area contributed by atoms with Crippen molar-refractivity contribution in [1.29, 1.82) is 0 Å². The summed E-state index contributed by atoms with van der Waals surface area (Å²) in [5, 5.41) is 13.5. The molecule has 6 heteroatoms. The summed E-state index contributed by atoms with van der Waals surface area (Å²) >= 11 is 0. The number of benzene rings is 1. The molecule has 1 aliphatic rings. The molecule has 0 bridgehead atoms.